The summed E-state index contributed by atoms with van der Waals surface area (Å²) in [6.45, 7) is 1.17. The lowest BCUT2D eigenvalue weighted by molar-refractivity contribution is 0.169. The van der Waals surface area contributed by atoms with Crippen LogP contribution in [0.2, 0.25) is 0 Å². The Morgan fingerprint density at radius 1 is 0.889 bits per heavy atom. The molecule has 3 rings (SSSR count). The molecular weight excluding hydrogens is 226 g/mol. The third-order valence-electron chi connectivity index (χ3n) is 3.09. The van der Waals surface area contributed by atoms with Gasteiger partial charge in [-0.1, -0.05) is 42.5 Å². The Balaban J connectivity index is 2.02. The van der Waals surface area contributed by atoms with Gasteiger partial charge >= 0.3 is 0 Å². The number of hydrogen-bond acceptors (Lipinski definition) is 3. The molecule has 3 heteroatoms. The van der Waals surface area contributed by atoms with E-state index >= 15 is 0 Å². The molecule has 0 bridgehead atoms. The van der Waals surface area contributed by atoms with Gasteiger partial charge in [0.15, 0.2) is 11.5 Å². The third-order valence-corrected chi connectivity index (χ3v) is 3.09. The molecule has 92 valence electrons. The van der Waals surface area contributed by atoms with Crippen LogP contribution in [0.3, 0.4) is 0 Å². The molecule has 0 fully saturated rings. The number of para-hydroxylation sites is 1. The van der Waals surface area contributed by atoms with E-state index in [2.05, 4.69) is 0 Å². The Morgan fingerprint density at radius 2 is 1.67 bits per heavy atom. The molecule has 1 heterocycles. The van der Waals surface area contributed by atoms with Gasteiger partial charge in [-0.05, 0) is 11.6 Å². The number of benzene rings is 2. The topological polar surface area (TPSA) is 44.5 Å². The van der Waals surface area contributed by atoms with Crippen LogP contribution in [-0.4, -0.2) is 13.2 Å². The average molecular weight is 241 g/mol. The van der Waals surface area contributed by atoms with Crippen molar-refractivity contribution in [2.24, 2.45) is 5.73 Å². The first-order chi connectivity index (χ1) is 8.86. The summed E-state index contributed by atoms with van der Waals surface area (Å²) in [5, 5.41) is 0. The van der Waals surface area contributed by atoms with Crippen molar-refractivity contribution in [1.29, 1.82) is 0 Å². The van der Waals surface area contributed by atoms with Crippen LogP contribution in [0.5, 0.6) is 11.5 Å². The van der Waals surface area contributed by atoms with Crippen molar-refractivity contribution in [1.82, 2.24) is 0 Å². The predicted molar refractivity (Wildman–Crippen MR) is 69.9 cm³/mol. The fourth-order valence-corrected chi connectivity index (χ4v) is 2.18. The van der Waals surface area contributed by atoms with Crippen molar-refractivity contribution >= 4 is 0 Å². The molecule has 18 heavy (non-hydrogen) atoms. The van der Waals surface area contributed by atoms with Gasteiger partial charge in [0.2, 0.25) is 0 Å². The van der Waals surface area contributed by atoms with Crippen molar-refractivity contribution in [2.45, 2.75) is 6.04 Å². The van der Waals surface area contributed by atoms with Crippen LogP contribution in [-0.2, 0) is 0 Å². The smallest absolute Gasteiger partial charge is 0.166 e. The Kier molecular flexibility index (Phi) is 2.90. The van der Waals surface area contributed by atoms with Crippen LogP contribution >= 0.6 is 0 Å². The summed E-state index contributed by atoms with van der Waals surface area (Å²) in [5.74, 6) is 1.56. The fourth-order valence-electron chi connectivity index (χ4n) is 2.18. The molecule has 1 atom stereocenters. The molecule has 0 amide bonds. The van der Waals surface area contributed by atoms with Gasteiger partial charge in [-0.25, -0.2) is 0 Å². The monoisotopic (exact) mass is 241 g/mol. The van der Waals surface area contributed by atoms with Crippen LogP contribution in [0.1, 0.15) is 17.2 Å². The zero-order chi connectivity index (χ0) is 12.4. The summed E-state index contributed by atoms with van der Waals surface area (Å²) in [5.41, 5.74) is 8.35. The van der Waals surface area contributed by atoms with E-state index in [0.717, 1.165) is 22.6 Å². The Bertz CT molecular complexity index is 539. The first-order valence-electron chi connectivity index (χ1n) is 6.05. The minimum atomic E-state index is -0.192. The maximum atomic E-state index is 6.30. The highest BCUT2D eigenvalue weighted by molar-refractivity contribution is 5.51. The van der Waals surface area contributed by atoms with Crippen LogP contribution in [0.4, 0.5) is 0 Å². The van der Waals surface area contributed by atoms with Crippen molar-refractivity contribution in [3.8, 4) is 11.5 Å². The molecule has 1 unspecified atom stereocenters. The molecule has 2 aromatic rings. The third kappa shape index (κ3) is 1.93. The van der Waals surface area contributed by atoms with Crippen LogP contribution in [0, 0.1) is 0 Å². The predicted octanol–water partition coefficient (Wildman–Crippen LogP) is 2.51. The van der Waals surface area contributed by atoms with Gasteiger partial charge in [-0.15, -0.1) is 0 Å². The molecule has 0 radical (unpaired) electrons. The molecule has 2 N–H and O–H groups in total. The van der Waals surface area contributed by atoms with E-state index in [9.17, 15) is 0 Å². The largest absolute Gasteiger partial charge is 0.486 e. The van der Waals surface area contributed by atoms with Crippen LogP contribution < -0.4 is 15.2 Å². The van der Waals surface area contributed by atoms with Gasteiger partial charge in [0, 0.05) is 5.56 Å². The molecular formula is C15H15NO2. The van der Waals surface area contributed by atoms with Crippen molar-refractivity contribution in [3.63, 3.8) is 0 Å². The summed E-state index contributed by atoms with van der Waals surface area (Å²) >= 11 is 0. The Morgan fingerprint density at radius 3 is 2.50 bits per heavy atom. The van der Waals surface area contributed by atoms with Crippen molar-refractivity contribution in [3.05, 3.63) is 59.7 Å². The fraction of sp³-hybridized carbons (Fsp3) is 0.200. The van der Waals surface area contributed by atoms with Gasteiger partial charge in [-0.3, -0.25) is 0 Å². The minimum Gasteiger partial charge on any atom is -0.486 e. The molecule has 2 aromatic carbocycles. The first kappa shape index (κ1) is 11.1. The van der Waals surface area contributed by atoms with Crippen LogP contribution in [0.25, 0.3) is 0 Å². The van der Waals surface area contributed by atoms with Crippen LogP contribution in [0.15, 0.2) is 48.5 Å². The zero-order valence-corrected chi connectivity index (χ0v) is 10.0. The number of hydrogen-bond donors (Lipinski definition) is 1. The van der Waals surface area contributed by atoms with Gasteiger partial charge in [0.05, 0.1) is 6.04 Å². The van der Waals surface area contributed by atoms with E-state index in [1.54, 1.807) is 0 Å². The first-order valence-corrected chi connectivity index (χ1v) is 6.05. The highest BCUT2D eigenvalue weighted by atomic mass is 16.6. The molecule has 3 nitrogen and oxygen atoms in total. The molecule has 0 aliphatic carbocycles. The van der Waals surface area contributed by atoms with E-state index in [1.807, 2.05) is 48.5 Å². The standard InChI is InChI=1S/C15H15NO2/c16-14(11-5-2-1-3-6-11)12-7-4-8-13-15(12)18-10-9-17-13/h1-8,14H,9-10,16H2. The summed E-state index contributed by atoms with van der Waals surface area (Å²) in [4.78, 5) is 0. The van der Waals surface area contributed by atoms with Crippen molar-refractivity contribution in [2.75, 3.05) is 13.2 Å². The lowest BCUT2D eigenvalue weighted by Gasteiger charge is -2.23. The van der Waals surface area contributed by atoms with E-state index in [1.165, 1.54) is 0 Å². The highest BCUT2D eigenvalue weighted by Crippen LogP contribution is 2.37. The van der Waals surface area contributed by atoms with Gasteiger partial charge < -0.3 is 15.2 Å². The van der Waals surface area contributed by atoms with Gasteiger partial charge in [0.25, 0.3) is 0 Å². The number of ether oxygens (including phenoxy) is 2. The summed E-state index contributed by atoms with van der Waals surface area (Å²) in [7, 11) is 0. The van der Waals surface area contributed by atoms with E-state index in [-0.39, 0.29) is 6.04 Å². The normalized spacial score (nSPS) is 15.2. The molecule has 0 saturated carbocycles. The minimum absolute atomic E-state index is 0.192. The lowest BCUT2D eigenvalue weighted by atomic mass is 9.98. The molecule has 0 spiro atoms. The highest BCUT2D eigenvalue weighted by Gasteiger charge is 2.20. The number of nitrogens with two attached hydrogens (primary N) is 1. The molecule has 0 aromatic heterocycles. The Labute approximate surface area is 106 Å². The Hall–Kier alpha value is -2.00. The molecule has 1 aliphatic heterocycles. The van der Waals surface area contributed by atoms with E-state index in [0.29, 0.717) is 13.2 Å². The number of fused-ring (bicyclic) bond motifs is 1. The molecule has 0 saturated heterocycles. The average Bonchev–Trinajstić information content (AvgIpc) is 2.47. The lowest BCUT2D eigenvalue weighted by Crippen LogP contribution is -2.20. The summed E-state index contributed by atoms with van der Waals surface area (Å²) in [6, 6.07) is 15.7. The maximum absolute atomic E-state index is 6.30. The van der Waals surface area contributed by atoms with Crippen molar-refractivity contribution < 1.29 is 9.47 Å². The molecule has 1 aliphatic rings. The zero-order valence-electron chi connectivity index (χ0n) is 10.0. The second-order valence-corrected chi connectivity index (χ2v) is 4.26. The van der Waals surface area contributed by atoms with E-state index in [4.69, 9.17) is 15.2 Å². The quantitative estimate of drug-likeness (QED) is 0.878. The SMILES string of the molecule is NC(c1ccccc1)c1cccc2c1OCCO2. The van der Waals surface area contributed by atoms with Gasteiger partial charge in [0.1, 0.15) is 13.2 Å². The summed E-state index contributed by atoms with van der Waals surface area (Å²) < 4.78 is 11.3. The second kappa shape index (κ2) is 4.70. The van der Waals surface area contributed by atoms with E-state index < -0.39 is 0 Å². The second-order valence-electron chi connectivity index (χ2n) is 4.26. The number of rotatable bonds is 2. The summed E-state index contributed by atoms with van der Waals surface area (Å²) in [6.07, 6.45) is 0. The maximum Gasteiger partial charge on any atom is 0.166 e. The van der Waals surface area contributed by atoms with Gasteiger partial charge in [-0.2, -0.15) is 0 Å².